The molecular formula is C18H21N5O3. The van der Waals surface area contributed by atoms with Crippen molar-refractivity contribution in [2.24, 2.45) is 14.1 Å². The summed E-state index contributed by atoms with van der Waals surface area (Å²) in [6.45, 7) is 3.85. The van der Waals surface area contributed by atoms with E-state index in [0.29, 0.717) is 0 Å². The van der Waals surface area contributed by atoms with Crippen LogP contribution in [0.25, 0.3) is 11.2 Å². The third-order valence-electron chi connectivity index (χ3n) is 4.56. The molecule has 0 aliphatic carbocycles. The number of imidazole rings is 1. The minimum Gasteiger partial charge on any atom is -0.348 e. The lowest BCUT2D eigenvalue weighted by atomic mass is 10.0. The summed E-state index contributed by atoms with van der Waals surface area (Å²) in [5.41, 5.74) is 1.70. The zero-order valence-corrected chi connectivity index (χ0v) is 15.2. The smallest absolute Gasteiger partial charge is 0.332 e. The molecule has 1 unspecified atom stereocenters. The fourth-order valence-corrected chi connectivity index (χ4v) is 3.11. The summed E-state index contributed by atoms with van der Waals surface area (Å²) < 4.78 is 3.77. The number of carbonyl (C=O) groups is 1. The predicted octanol–water partition coefficient (Wildman–Crippen LogP) is 0.620. The topological polar surface area (TPSA) is 90.9 Å². The van der Waals surface area contributed by atoms with Crippen LogP contribution in [-0.4, -0.2) is 24.6 Å². The predicted molar refractivity (Wildman–Crippen MR) is 98.0 cm³/mol. The van der Waals surface area contributed by atoms with Crippen LogP contribution in [-0.2, 0) is 25.4 Å². The van der Waals surface area contributed by atoms with Crippen LogP contribution in [0.1, 0.15) is 24.1 Å². The molecule has 2 aromatic heterocycles. The van der Waals surface area contributed by atoms with Gasteiger partial charge in [0, 0.05) is 14.1 Å². The zero-order chi connectivity index (χ0) is 19.0. The van der Waals surface area contributed by atoms with Crippen LogP contribution >= 0.6 is 0 Å². The number of nitrogens with zero attached hydrogens (tertiary/aromatic N) is 4. The van der Waals surface area contributed by atoms with E-state index < -0.39 is 11.2 Å². The Morgan fingerprint density at radius 2 is 1.88 bits per heavy atom. The molecule has 0 aliphatic rings. The fourth-order valence-electron chi connectivity index (χ4n) is 3.11. The average Bonchev–Trinajstić information content (AvgIpc) is 3.01. The molecule has 3 aromatic rings. The van der Waals surface area contributed by atoms with Crippen molar-refractivity contribution in [1.29, 1.82) is 0 Å². The van der Waals surface area contributed by atoms with Gasteiger partial charge in [-0.05, 0) is 25.0 Å². The number of fused-ring (bicyclic) bond motifs is 1. The molecule has 1 atom stereocenters. The number of nitrogens with one attached hydrogen (secondary N) is 1. The highest BCUT2D eigenvalue weighted by molar-refractivity contribution is 5.79. The fraction of sp³-hybridized carbons (Fsp3) is 0.333. The molecule has 2 heterocycles. The van der Waals surface area contributed by atoms with Crippen molar-refractivity contribution >= 4 is 17.1 Å². The van der Waals surface area contributed by atoms with Crippen molar-refractivity contribution in [1.82, 2.24) is 24.0 Å². The van der Waals surface area contributed by atoms with Crippen molar-refractivity contribution in [3.63, 3.8) is 0 Å². The first kappa shape index (κ1) is 17.7. The number of hydrogen-bond donors (Lipinski definition) is 1. The van der Waals surface area contributed by atoms with Gasteiger partial charge in [-0.25, -0.2) is 9.78 Å². The van der Waals surface area contributed by atoms with Gasteiger partial charge >= 0.3 is 5.69 Å². The maximum Gasteiger partial charge on any atom is 0.332 e. The summed E-state index contributed by atoms with van der Waals surface area (Å²) in [4.78, 5) is 41.0. The van der Waals surface area contributed by atoms with Crippen LogP contribution in [0.4, 0.5) is 0 Å². The van der Waals surface area contributed by atoms with Crippen LogP contribution in [0.15, 0.2) is 40.2 Å². The summed E-state index contributed by atoms with van der Waals surface area (Å²) in [5.74, 6) is -0.240. The number of aromatic nitrogens is 4. The lowest BCUT2D eigenvalue weighted by Gasteiger charge is -2.17. The second-order valence-electron chi connectivity index (χ2n) is 6.40. The number of benzene rings is 1. The Labute approximate surface area is 149 Å². The second kappa shape index (κ2) is 6.62. The molecule has 0 fully saturated rings. The number of hydrogen-bond acceptors (Lipinski definition) is 4. The minimum atomic E-state index is -0.472. The van der Waals surface area contributed by atoms with Gasteiger partial charge in [0.1, 0.15) is 6.54 Å². The van der Waals surface area contributed by atoms with Gasteiger partial charge in [0.15, 0.2) is 11.2 Å². The standard InChI is InChI=1S/C18H21N5O3/c1-11-7-5-6-8-13(11)12(2)20-14(24)9-23-10-19-16-15(23)17(25)22(4)18(26)21(16)3/h5-8,10,12H,9H2,1-4H3,(H,20,24). The Bertz CT molecular complexity index is 1110. The molecule has 8 nitrogen and oxygen atoms in total. The van der Waals surface area contributed by atoms with Crippen molar-refractivity contribution in [2.45, 2.75) is 26.4 Å². The van der Waals surface area contributed by atoms with E-state index in [9.17, 15) is 14.4 Å². The highest BCUT2D eigenvalue weighted by atomic mass is 16.2. The average molecular weight is 355 g/mol. The van der Waals surface area contributed by atoms with Gasteiger partial charge in [-0.3, -0.25) is 18.7 Å². The van der Waals surface area contributed by atoms with Gasteiger partial charge in [0.05, 0.1) is 12.4 Å². The number of carbonyl (C=O) groups excluding carboxylic acids is 1. The Morgan fingerprint density at radius 1 is 1.19 bits per heavy atom. The van der Waals surface area contributed by atoms with Crippen LogP contribution in [0.3, 0.4) is 0 Å². The third-order valence-corrected chi connectivity index (χ3v) is 4.56. The summed E-state index contributed by atoms with van der Waals surface area (Å²) >= 11 is 0. The molecule has 1 N–H and O–H groups in total. The molecule has 136 valence electrons. The summed E-state index contributed by atoms with van der Waals surface area (Å²) in [6, 6.07) is 7.68. The van der Waals surface area contributed by atoms with E-state index in [2.05, 4.69) is 10.3 Å². The van der Waals surface area contributed by atoms with Crippen LogP contribution in [0.5, 0.6) is 0 Å². The summed E-state index contributed by atoms with van der Waals surface area (Å²) in [7, 11) is 2.95. The van der Waals surface area contributed by atoms with Crippen molar-refractivity contribution < 1.29 is 4.79 Å². The quantitative estimate of drug-likeness (QED) is 0.743. The van der Waals surface area contributed by atoms with Crippen molar-refractivity contribution in [3.05, 3.63) is 62.6 Å². The van der Waals surface area contributed by atoms with Gasteiger partial charge in [-0.2, -0.15) is 0 Å². The Balaban J connectivity index is 1.88. The highest BCUT2D eigenvalue weighted by Crippen LogP contribution is 2.16. The first-order valence-corrected chi connectivity index (χ1v) is 8.27. The maximum absolute atomic E-state index is 12.5. The molecule has 0 radical (unpaired) electrons. The number of rotatable bonds is 4. The van der Waals surface area contributed by atoms with Crippen LogP contribution < -0.4 is 16.6 Å². The zero-order valence-electron chi connectivity index (χ0n) is 15.2. The molecule has 1 aromatic carbocycles. The molecule has 26 heavy (non-hydrogen) atoms. The van der Waals surface area contributed by atoms with Gasteiger partial charge in [-0.1, -0.05) is 24.3 Å². The van der Waals surface area contributed by atoms with E-state index in [1.54, 1.807) is 7.05 Å². The number of amides is 1. The van der Waals surface area contributed by atoms with E-state index in [1.165, 1.54) is 22.5 Å². The van der Waals surface area contributed by atoms with E-state index in [0.717, 1.165) is 15.7 Å². The Morgan fingerprint density at radius 3 is 2.58 bits per heavy atom. The molecule has 0 bridgehead atoms. The molecule has 0 saturated carbocycles. The first-order chi connectivity index (χ1) is 12.3. The molecule has 0 aliphatic heterocycles. The molecule has 0 saturated heterocycles. The van der Waals surface area contributed by atoms with E-state index >= 15 is 0 Å². The van der Waals surface area contributed by atoms with Crippen LogP contribution in [0, 0.1) is 6.92 Å². The Hall–Kier alpha value is -3.16. The minimum absolute atomic E-state index is 0.0554. The normalized spacial score (nSPS) is 12.3. The third kappa shape index (κ3) is 2.94. The molecule has 0 spiro atoms. The van der Waals surface area contributed by atoms with E-state index in [-0.39, 0.29) is 29.7 Å². The van der Waals surface area contributed by atoms with E-state index in [1.807, 2.05) is 38.1 Å². The monoisotopic (exact) mass is 355 g/mol. The van der Waals surface area contributed by atoms with E-state index in [4.69, 9.17) is 0 Å². The Kier molecular flexibility index (Phi) is 4.50. The van der Waals surface area contributed by atoms with Crippen LogP contribution in [0.2, 0.25) is 0 Å². The summed E-state index contributed by atoms with van der Waals surface area (Å²) in [5, 5.41) is 2.94. The van der Waals surface area contributed by atoms with Crippen molar-refractivity contribution in [2.75, 3.05) is 0 Å². The van der Waals surface area contributed by atoms with Crippen molar-refractivity contribution in [3.8, 4) is 0 Å². The largest absolute Gasteiger partial charge is 0.348 e. The lowest BCUT2D eigenvalue weighted by Crippen LogP contribution is -2.38. The first-order valence-electron chi connectivity index (χ1n) is 8.27. The maximum atomic E-state index is 12.5. The number of aryl methyl sites for hydroxylation is 2. The van der Waals surface area contributed by atoms with Gasteiger partial charge in [-0.15, -0.1) is 0 Å². The van der Waals surface area contributed by atoms with Gasteiger partial charge < -0.3 is 9.88 Å². The molecule has 8 heteroatoms. The molecule has 3 rings (SSSR count). The lowest BCUT2D eigenvalue weighted by molar-refractivity contribution is -0.122. The SMILES string of the molecule is Cc1ccccc1C(C)NC(=O)Cn1cnc2c1c(=O)n(C)c(=O)n2C. The summed E-state index contributed by atoms with van der Waals surface area (Å²) in [6.07, 6.45) is 1.41. The molecule has 1 amide bonds. The van der Waals surface area contributed by atoms with Gasteiger partial charge in [0.25, 0.3) is 5.56 Å². The highest BCUT2D eigenvalue weighted by Gasteiger charge is 2.17. The molecular weight excluding hydrogens is 334 g/mol. The second-order valence-corrected chi connectivity index (χ2v) is 6.40. The van der Waals surface area contributed by atoms with Gasteiger partial charge in [0.2, 0.25) is 5.91 Å².